The second kappa shape index (κ2) is 6.16. The van der Waals surface area contributed by atoms with Gasteiger partial charge in [0.1, 0.15) is 0 Å². The Morgan fingerprint density at radius 3 is 2.18 bits per heavy atom. The highest BCUT2D eigenvalue weighted by molar-refractivity contribution is 7.80. The van der Waals surface area contributed by atoms with E-state index in [2.05, 4.69) is 4.90 Å². The molecule has 1 aliphatic heterocycles. The summed E-state index contributed by atoms with van der Waals surface area (Å²) < 4.78 is 5.15. The van der Waals surface area contributed by atoms with E-state index < -0.39 is 0 Å². The smallest absolute Gasteiger partial charge is 0.410 e. The van der Waals surface area contributed by atoms with E-state index in [9.17, 15) is 4.79 Å². The van der Waals surface area contributed by atoms with E-state index in [4.69, 9.17) is 22.7 Å². The summed E-state index contributed by atoms with van der Waals surface area (Å²) in [6, 6.07) is 0.0910. The van der Waals surface area contributed by atoms with Crippen LogP contribution in [0.2, 0.25) is 0 Å². The highest BCUT2D eigenvalue weighted by Crippen LogP contribution is 2.08. The molecule has 1 amide bonds. The van der Waals surface area contributed by atoms with E-state index in [1.54, 1.807) is 4.90 Å². The zero-order valence-corrected chi connectivity index (χ0v) is 11.5. The molecule has 0 aromatic rings. The third kappa shape index (κ3) is 4.12. The van der Waals surface area contributed by atoms with Gasteiger partial charge in [-0.25, -0.2) is 4.79 Å². The van der Waals surface area contributed by atoms with Crippen molar-refractivity contribution in [3.63, 3.8) is 0 Å². The molecule has 5 nitrogen and oxygen atoms in total. The Bertz CT molecular complexity index is 288. The molecule has 0 aliphatic carbocycles. The molecule has 0 aromatic heterocycles. The minimum absolute atomic E-state index is 0.0731. The Morgan fingerprint density at radius 1 is 1.24 bits per heavy atom. The fourth-order valence-corrected chi connectivity index (χ4v) is 1.90. The first-order valence-electron chi connectivity index (χ1n) is 5.90. The number of hydrogen-bond donors (Lipinski definition) is 1. The molecular formula is C11H21N3O2S. The van der Waals surface area contributed by atoms with Crippen molar-refractivity contribution in [1.29, 1.82) is 0 Å². The number of nitrogens with two attached hydrogens (primary N) is 1. The predicted octanol–water partition coefficient (Wildman–Crippen LogP) is 0.824. The molecular weight excluding hydrogens is 238 g/mol. The lowest BCUT2D eigenvalue weighted by Gasteiger charge is -2.37. The zero-order valence-electron chi connectivity index (χ0n) is 10.7. The van der Waals surface area contributed by atoms with Gasteiger partial charge in [0.2, 0.25) is 0 Å². The quantitative estimate of drug-likeness (QED) is 0.761. The normalized spacial score (nSPS) is 19.2. The number of rotatable bonds is 3. The van der Waals surface area contributed by atoms with Crippen molar-refractivity contribution in [2.45, 2.75) is 32.9 Å². The Kier molecular flexibility index (Phi) is 5.14. The van der Waals surface area contributed by atoms with E-state index in [1.165, 1.54) is 0 Å². The number of carbonyl (C=O) groups excluding carboxylic acids is 1. The lowest BCUT2D eigenvalue weighted by atomic mass is 10.2. The molecule has 98 valence electrons. The number of carbonyl (C=O) groups is 1. The minimum atomic E-state index is -0.234. The summed E-state index contributed by atoms with van der Waals surface area (Å²) in [5.41, 5.74) is 5.61. The summed E-state index contributed by atoms with van der Waals surface area (Å²) >= 11 is 4.97. The highest BCUT2D eigenvalue weighted by atomic mass is 32.1. The molecule has 0 aromatic carbocycles. The number of hydrogen-bond acceptors (Lipinski definition) is 4. The summed E-state index contributed by atoms with van der Waals surface area (Å²) in [5, 5.41) is 0. The van der Waals surface area contributed by atoms with Crippen LogP contribution in [0.5, 0.6) is 0 Å². The van der Waals surface area contributed by atoms with Crippen LogP contribution in [0.25, 0.3) is 0 Å². The highest BCUT2D eigenvalue weighted by Gasteiger charge is 2.26. The van der Waals surface area contributed by atoms with Gasteiger partial charge in [-0.3, -0.25) is 4.90 Å². The Balaban J connectivity index is 2.40. The fraction of sp³-hybridized carbons (Fsp3) is 0.818. The van der Waals surface area contributed by atoms with Crippen molar-refractivity contribution < 1.29 is 9.53 Å². The van der Waals surface area contributed by atoms with Gasteiger partial charge in [-0.1, -0.05) is 12.2 Å². The fourth-order valence-electron chi connectivity index (χ4n) is 1.75. The second-order valence-electron chi connectivity index (χ2n) is 4.53. The van der Waals surface area contributed by atoms with Crippen molar-refractivity contribution in [2.75, 3.05) is 26.2 Å². The van der Waals surface area contributed by atoms with Crippen LogP contribution in [0, 0.1) is 0 Å². The van der Waals surface area contributed by atoms with Crippen LogP contribution in [0.1, 0.15) is 20.8 Å². The van der Waals surface area contributed by atoms with Crippen LogP contribution < -0.4 is 5.73 Å². The van der Waals surface area contributed by atoms with Gasteiger partial charge in [-0.05, 0) is 20.8 Å². The van der Waals surface area contributed by atoms with Gasteiger partial charge in [0.15, 0.2) is 0 Å². The minimum Gasteiger partial charge on any atom is -0.447 e. The summed E-state index contributed by atoms with van der Waals surface area (Å²) in [6.07, 6.45) is -0.307. The molecule has 1 unspecified atom stereocenters. The van der Waals surface area contributed by atoms with E-state index in [0.29, 0.717) is 18.1 Å². The summed E-state index contributed by atoms with van der Waals surface area (Å²) in [7, 11) is 0. The third-order valence-electron chi connectivity index (χ3n) is 2.87. The van der Waals surface area contributed by atoms with Crippen molar-refractivity contribution >= 4 is 23.3 Å². The number of piperazine rings is 1. The molecule has 0 saturated carbocycles. The Hall–Kier alpha value is -0.880. The Morgan fingerprint density at radius 2 is 1.76 bits per heavy atom. The summed E-state index contributed by atoms with van der Waals surface area (Å²) in [6.45, 7) is 8.59. The summed E-state index contributed by atoms with van der Waals surface area (Å²) in [4.78, 5) is 16.1. The number of thiocarbonyl (C=S) groups is 1. The molecule has 1 saturated heterocycles. The van der Waals surface area contributed by atoms with Crippen molar-refractivity contribution in [3.8, 4) is 0 Å². The Labute approximate surface area is 108 Å². The van der Waals surface area contributed by atoms with Crippen molar-refractivity contribution in [1.82, 2.24) is 9.80 Å². The molecule has 1 atom stereocenters. The topological polar surface area (TPSA) is 58.8 Å². The maximum Gasteiger partial charge on any atom is 0.410 e. The molecule has 0 bridgehead atoms. The lowest BCUT2D eigenvalue weighted by Crippen LogP contribution is -2.54. The lowest BCUT2D eigenvalue weighted by molar-refractivity contribution is 0.0550. The molecule has 6 heteroatoms. The average molecular weight is 259 g/mol. The number of nitrogens with zero attached hydrogens (tertiary/aromatic N) is 2. The zero-order chi connectivity index (χ0) is 13.0. The van der Waals surface area contributed by atoms with Crippen LogP contribution in [0.15, 0.2) is 0 Å². The van der Waals surface area contributed by atoms with Gasteiger partial charge in [-0.15, -0.1) is 0 Å². The maximum atomic E-state index is 11.7. The largest absolute Gasteiger partial charge is 0.447 e. The van der Waals surface area contributed by atoms with Crippen molar-refractivity contribution in [2.24, 2.45) is 5.73 Å². The molecule has 0 spiro atoms. The van der Waals surface area contributed by atoms with Gasteiger partial charge in [0, 0.05) is 26.2 Å². The van der Waals surface area contributed by atoms with Crippen LogP contribution in [-0.4, -0.2) is 59.2 Å². The number of amides is 1. The molecule has 1 rings (SSSR count). The van der Waals surface area contributed by atoms with E-state index >= 15 is 0 Å². The van der Waals surface area contributed by atoms with Crippen LogP contribution in [0.3, 0.4) is 0 Å². The van der Waals surface area contributed by atoms with Crippen LogP contribution in [0.4, 0.5) is 4.79 Å². The maximum absolute atomic E-state index is 11.7. The van der Waals surface area contributed by atoms with Crippen LogP contribution >= 0.6 is 12.2 Å². The standard InChI is InChI=1S/C11H21N3O2S/c1-8(2)16-11(15)14-6-4-13(5-7-14)9(3)10(12)17/h8-9H,4-7H2,1-3H3,(H2,12,17). The molecule has 2 N–H and O–H groups in total. The van der Waals surface area contributed by atoms with Crippen molar-refractivity contribution in [3.05, 3.63) is 0 Å². The van der Waals surface area contributed by atoms with Crippen LogP contribution in [-0.2, 0) is 4.74 Å². The third-order valence-corrected chi connectivity index (χ3v) is 3.21. The van der Waals surface area contributed by atoms with E-state index in [-0.39, 0.29) is 18.2 Å². The monoisotopic (exact) mass is 259 g/mol. The second-order valence-corrected chi connectivity index (χ2v) is 5.01. The summed E-state index contributed by atoms with van der Waals surface area (Å²) in [5.74, 6) is 0. The van der Waals surface area contributed by atoms with E-state index in [0.717, 1.165) is 13.1 Å². The predicted molar refractivity (Wildman–Crippen MR) is 71.0 cm³/mol. The number of ether oxygens (including phenoxy) is 1. The molecule has 17 heavy (non-hydrogen) atoms. The molecule has 1 heterocycles. The SMILES string of the molecule is CC(C)OC(=O)N1CCN(C(C)C(N)=S)CC1. The van der Waals surface area contributed by atoms with Gasteiger partial charge in [-0.2, -0.15) is 0 Å². The van der Waals surface area contributed by atoms with Gasteiger partial charge < -0.3 is 15.4 Å². The van der Waals surface area contributed by atoms with Gasteiger partial charge in [0.05, 0.1) is 17.1 Å². The first-order valence-corrected chi connectivity index (χ1v) is 6.31. The molecule has 1 fully saturated rings. The average Bonchev–Trinajstić information content (AvgIpc) is 2.27. The first-order chi connectivity index (χ1) is 7.91. The molecule has 0 radical (unpaired) electrons. The van der Waals surface area contributed by atoms with Gasteiger partial charge in [0.25, 0.3) is 0 Å². The van der Waals surface area contributed by atoms with Gasteiger partial charge >= 0.3 is 6.09 Å². The first kappa shape index (κ1) is 14.2. The van der Waals surface area contributed by atoms with E-state index in [1.807, 2.05) is 20.8 Å². The molecule has 1 aliphatic rings.